The molecule has 0 saturated carbocycles. The van der Waals surface area contributed by atoms with Gasteiger partial charge in [0.25, 0.3) is 0 Å². The second-order valence-electron chi connectivity index (χ2n) is 4.30. The molecule has 2 rings (SSSR count). The minimum Gasteiger partial charge on any atom is -0.295 e. The van der Waals surface area contributed by atoms with Gasteiger partial charge in [0.1, 0.15) is 0 Å². The molecular weight excluding hydrogens is 196 g/mol. The van der Waals surface area contributed by atoms with Crippen LogP contribution in [0.25, 0.3) is 0 Å². The zero-order valence-electron chi connectivity index (χ0n) is 9.99. The summed E-state index contributed by atoms with van der Waals surface area (Å²) in [6, 6.07) is 10.4. The van der Waals surface area contributed by atoms with Crippen LogP contribution in [0.1, 0.15) is 44.6 Å². The van der Waals surface area contributed by atoms with Crippen LogP contribution in [0.2, 0.25) is 0 Å². The van der Waals surface area contributed by atoms with Crippen LogP contribution in [0.5, 0.6) is 0 Å². The summed E-state index contributed by atoms with van der Waals surface area (Å²) >= 11 is 0. The van der Waals surface area contributed by atoms with E-state index >= 15 is 0 Å². The van der Waals surface area contributed by atoms with Gasteiger partial charge >= 0.3 is 0 Å². The molecule has 1 aromatic rings. The van der Waals surface area contributed by atoms with Crippen molar-refractivity contribution < 1.29 is 4.79 Å². The maximum atomic E-state index is 11.9. The van der Waals surface area contributed by atoms with Gasteiger partial charge in [0.2, 0.25) is 0 Å². The van der Waals surface area contributed by atoms with E-state index < -0.39 is 0 Å². The summed E-state index contributed by atoms with van der Waals surface area (Å²) in [7, 11) is 0. The smallest absolute Gasteiger partial charge is 0.159 e. The third kappa shape index (κ3) is 1.82. The second-order valence-corrected chi connectivity index (χ2v) is 4.30. The largest absolute Gasteiger partial charge is 0.295 e. The lowest BCUT2D eigenvalue weighted by molar-refractivity contribution is -0.115. The molecule has 1 aliphatic rings. The van der Waals surface area contributed by atoms with Gasteiger partial charge in [-0.3, -0.25) is 4.79 Å². The molecule has 1 aromatic carbocycles. The summed E-state index contributed by atoms with van der Waals surface area (Å²) in [4.78, 5) is 11.9. The number of ketones is 1. The van der Waals surface area contributed by atoms with E-state index in [0.717, 1.165) is 18.4 Å². The molecule has 0 aliphatic heterocycles. The van der Waals surface area contributed by atoms with E-state index in [1.165, 1.54) is 11.1 Å². The number of hydrogen-bond donors (Lipinski definition) is 0. The Kier molecular flexibility index (Phi) is 3.23. The molecule has 0 N–H and O–H groups in total. The molecule has 0 spiro atoms. The van der Waals surface area contributed by atoms with Crippen LogP contribution in [-0.4, -0.2) is 5.78 Å². The van der Waals surface area contributed by atoms with E-state index in [9.17, 15) is 4.79 Å². The van der Waals surface area contributed by atoms with Crippen molar-refractivity contribution in [3.05, 3.63) is 47.0 Å². The summed E-state index contributed by atoms with van der Waals surface area (Å²) < 4.78 is 0. The third-order valence-electron chi connectivity index (χ3n) is 3.47. The Morgan fingerprint density at radius 1 is 1.12 bits per heavy atom. The van der Waals surface area contributed by atoms with E-state index in [4.69, 9.17) is 0 Å². The van der Waals surface area contributed by atoms with Crippen LogP contribution < -0.4 is 0 Å². The van der Waals surface area contributed by atoms with Crippen LogP contribution in [0, 0.1) is 0 Å². The van der Waals surface area contributed by atoms with Crippen molar-refractivity contribution in [1.82, 2.24) is 0 Å². The fraction of sp³-hybridized carbons (Fsp3) is 0.400. The van der Waals surface area contributed by atoms with Crippen LogP contribution in [0.4, 0.5) is 0 Å². The third-order valence-corrected chi connectivity index (χ3v) is 3.47. The summed E-state index contributed by atoms with van der Waals surface area (Å²) in [5.74, 6) is 0.696. The van der Waals surface area contributed by atoms with Gasteiger partial charge in [0.15, 0.2) is 5.78 Å². The Labute approximate surface area is 97.2 Å². The highest BCUT2D eigenvalue weighted by Gasteiger charge is 2.30. The van der Waals surface area contributed by atoms with Crippen molar-refractivity contribution in [3.63, 3.8) is 0 Å². The Balaban J connectivity index is 2.38. The average molecular weight is 214 g/mol. The number of Topliss-reactive ketones (excluding diaryl/α,β-unsaturated/α-hetero) is 1. The van der Waals surface area contributed by atoms with E-state index in [-0.39, 0.29) is 0 Å². The van der Waals surface area contributed by atoms with Crippen molar-refractivity contribution in [1.29, 1.82) is 0 Å². The van der Waals surface area contributed by atoms with E-state index in [2.05, 4.69) is 38.1 Å². The number of carbonyl (C=O) groups is 1. The molecule has 0 radical (unpaired) electrons. The molecule has 0 aromatic heterocycles. The van der Waals surface area contributed by atoms with Crippen molar-refractivity contribution >= 4 is 5.78 Å². The van der Waals surface area contributed by atoms with Gasteiger partial charge in [-0.1, -0.05) is 49.8 Å². The van der Waals surface area contributed by atoms with Gasteiger partial charge in [-0.05, 0) is 24.0 Å². The summed E-state index contributed by atoms with van der Waals surface area (Å²) in [5, 5.41) is 0. The lowest BCUT2D eigenvalue weighted by Crippen LogP contribution is -1.98. The average Bonchev–Trinajstić information content (AvgIpc) is 2.66. The Morgan fingerprint density at radius 2 is 1.81 bits per heavy atom. The molecule has 1 atom stereocenters. The number of rotatable bonds is 3. The lowest BCUT2D eigenvalue weighted by Gasteiger charge is -2.13. The zero-order valence-corrected chi connectivity index (χ0v) is 9.99. The lowest BCUT2D eigenvalue weighted by atomic mass is 9.90. The summed E-state index contributed by atoms with van der Waals surface area (Å²) in [6.45, 7) is 4.23. The van der Waals surface area contributed by atoms with Crippen molar-refractivity contribution in [2.75, 3.05) is 0 Å². The van der Waals surface area contributed by atoms with E-state index in [1.807, 2.05) is 6.07 Å². The fourth-order valence-corrected chi connectivity index (χ4v) is 2.71. The first-order chi connectivity index (χ1) is 7.77. The fourth-order valence-electron chi connectivity index (χ4n) is 2.71. The van der Waals surface area contributed by atoms with Gasteiger partial charge in [-0.15, -0.1) is 0 Å². The molecule has 16 heavy (non-hydrogen) atoms. The monoisotopic (exact) mass is 214 g/mol. The van der Waals surface area contributed by atoms with Gasteiger partial charge < -0.3 is 0 Å². The first-order valence-corrected chi connectivity index (χ1v) is 6.08. The van der Waals surface area contributed by atoms with Crippen LogP contribution in [-0.2, 0) is 4.79 Å². The van der Waals surface area contributed by atoms with Gasteiger partial charge in [0.05, 0.1) is 0 Å². The molecular formula is C15H18O. The molecule has 0 bridgehead atoms. The topological polar surface area (TPSA) is 17.1 Å². The number of allylic oxidation sites excluding steroid dienone is 2. The number of benzene rings is 1. The molecule has 1 nitrogen and oxygen atoms in total. The summed E-state index contributed by atoms with van der Waals surface area (Å²) in [6.07, 6.45) is 2.55. The predicted octanol–water partition coefficient (Wildman–Crippen LogP) is 3.86. The maximum Gasteiger partial charge on any atom is 0.159 e. The zero-order chi connectivity index (χ0) is 11.5. The van der Waals surface area contributed by atoms with Gasteiger partial charge in [0, 0.05) is 12.3 Å². The minimum absolute atomic E-state index is 0.341. The summed E-state index contributed by atoms with van der Waals surface area (Å²) in [5.41, 5.74) is 3.73. The highest BCUT2D eigenvalue weighted by atomic mass is 16.1. The minimum atomic E-state index is 0.341. The predicted molar refractivity (Wildman–Crippen MR) is 66.4 cm³/mol. The highest BCUT2D eigenvalue weighted by molar-refractivity contribution is 6.00. The molecule has 84 valence electrons. The molecule has 1 aliphatic carbocycles. The molecule has 0 fully saturated rings. The Hall–Kier alpha value is -1.37. The van der Waals surface area contributed by atoms with Crippen molar-refractivity contribution in [3.8, 4) is 0 Å². The molecule has 0 saturated heterocycles. The molecule has 1 heteroatoms. The van der Waals surface area contributed by atoms with Crippen molar-refractivity contribution in [2.45, 2.75) is 39.0 Å². The SMILES string of the molecule is CCC1=C(CC)[C@@H](c2ccccc2)CC1=O. The van der Waals surface area contributed by atoms with Crippen molar-refractivity contribution in [2.24, 2.45) is 0 Å². The second kappa shape index (κ2) is 4.65. The molecule has 0 unspecified atom stereocenters. The highest BCUT2D eigenvalue weighted by Crippen LogP contribution is 2.39. The quantitative estimate of drug-likeness (QED) is 0.746. The van der Waals surface area contributed by atoms with Crippen LogP contribution >= 0.6 is 0 Å². The van der Waals surface area contributed by atoms with E-state index in [0.29, 0.717) is 18.1 Å². The first-order valence-electron chi connectivity index (χ1n) is 6.08. The van der Waals surface area contributed by atoms with E-state index in [1.54, 1.807) is 0 Å². The maximum absolute atomic E-state index is 11.9. The van der Waals surface area contributed by atoms with Crippen LogP contribution in [0.3, 0.4) is 0 Å². The van der Waals surface area contributed by atoms with Gasteiger partial charge in [-0.2, -0.15) is 0 Å². The Bertz CT molecular complexity index is 414. The van der Waals surface area contributed by atoms with Crippen LogP contribution in [0.15, 0.2) is 41.5 Å². The number of hydrogen-bond acceptors (Lipinski definition) is 1. The molecule has 0 amide bonds. The Morgan fingerprint density at radius 3 is 2.38 bits per heavy atom. The first kappa shape index (κ1) is 11.1. The normalized spacial score (nSPS) is 20.6. The van der Waals surface area contributed by atoms with Gasteiger partial charge in [-0.25, -0.2) is 0 Å². The number of carbonyl (C=O) groups excluding carboxylic acids is 1. The molecule has 0 heterocycles. The standard InChI is InChI=1S/C15H18O/c1-3-12-13(4-2)15(16)10-14(12)11-8-6-5-7-9-11/h5-9,14H,3-4,10H2,1-2H3/t14-/m1/s1.